The van der Waals surface area contributed by atoms with Crippen LogP contribution in [0, 0.1) is 45.2 Å². The molecule has 54 heavy (non-hydrogen) atoms. The van der Waals surface area contributed by atoms with E-state index >= 15 is 0 Å². The van der Waals surface area contributed by atoms with Crippen LogP contribution in [-0.2, 0) is 25.1 Å². The molecule has 0 aromatic heterocycles. The number of carbonyl (C=O) groups is 2. The third-order valence-corrected chi connectivity index (χ3v) is 14.0. The van der Waals surface area contributed by atoms with E-state index in [1.54, 1.807) is 4.90 Å². The highest BCUT2D eigenvalue weighted by atomic mass is 31.2. The van der Waals surface area contributed by atoms with Gasteiger partial charge < -0.3 is 28.6 Å². The minimum Gasteiger partial charge on any atom is -0.487 e. The lowest BCUT2D eigenvalue weighted by Gasteiger charge is -2.38. The normalized spacial score (nSPS) is 22.1. The summed E-state index contributed by atoms with van der Waals surface area (Å²) in [5.41, 5.74) is 4.05. The molecular weight excluding hydrogens is 697 g/mol. The molecule has 1 N–H and O–H groups in total. The van der Waals surface area contributed by atoms with E-state index in [1.807, 2.05) is 6.92 Å². The largest absolute Gasteiger partial charge is 0.487 e. The van der Waals surface area contributed by atoms with Crippen LogP contribution < -0.4 is 9.47 Å². The van der Waals surface area contributed by atoms with Crippen LogP contribution in [0.3, 0.4) is 0 Å². The molecule has 0 saturated carbocycles. The van der Waals surface area contributed by atoms with Crippen molar-refractivity contribution in [2.75, 3.05) is 19.8 Å². The number of amides is 1. The fourth-order valence-corrected chi connectivity index (χ4v) is 9.40. The van der Waals surface area contributed by atoms with E-state index in [-0.39, 0.29) is 29.7 Å². The summed E-state index contributed by atoms with van der Waals surface area (Å²) in [6.07, 6.45) is 18.0. The Labute approximate surface area is 329 Å². The van der Waals surface area contributed by atoms with Gasteiger partial charge in [0.05, 0.1) is 13.5 Å². The van der Waals surface area contributed by atoms with E-state index < -0.39 is 13.5 Å². The van der Waals surface area contributed by atoms with Gasteiger partial charge in [-0.3, -0.25) is 16.3 Å². The lowest BCUT2D eigenvalue weighted by Crippen LogP contribution is -2.37. The van der Waals surface area contributed by atoms with Gasteiger partial charge in [-0.05, 0) is 120 Å². The zero-order valence-corrected chi connectivity index (χ0v) is 36.6. The van der Waals surface area contributed by atoms with Crippen LogP contribution in [0.1, 0.15) is 172 Å². The van der Waals surface area contributed by atoms with Gasteiger partial charge in [-0.1, -0.05) is 85.5 Å². The Morgan fingerprint density at radius 2 is 1.52 bits per heavy atom. The number of ether oxygens (including phenoxy) is 2. The van der Waals surface area contributed by atoms with Gasteiger partial charge in [-0.25, -0.2) is 0 Å². The number of unbranched alkanes of at least 4 members (excludes halogenated alkanes) is 3. The first-order valence-corrected chi connectivity index (χ1v) is 23.4. The van der Waals surface area contributed by atoms with Crippen molar-refractivity contribution in [2.45, 2.75) is 195 Å². The first-order valence-electron chi connectivity index (χ1n) is 21.4. The van der Waals surface area contributed by atoms with E-state index in [4.69, 9.17) is 14.0 Å². The molecule has 6 atom stereocenters. The van der Waals surface area contributed by atoms with E-state index in [1.165, 1.54) is 64.0 Å². The molecule has 2 heterocycles. The maximum Gasteiger partial charge on any atom is 0.311 e. The number of hydrogen-bond donors (Lipinski definition) is 1. The number of hydrogen-bond acceptors (Lipinski definition) is 7. The molecule has 2 unspecified atom stereocenters. The molecule has 3 rings (SSSR count). The van der Waals surface area contributed by atoms with Crippen LogP contribution in [-0.4, -0.2) is 59.4 Å². The third kappa shape index (κ3) is 14.9. The monoisotopic (exact) mass is 775 g/mol. The van der Waals surface area contributed by atoms with Crippen LogP contribution in [0.15, 0.2) is 0 Å². The summed E-state index contributed by atoms with van der Waals surface area (Å²) in [4.78, 5) is 27.7. The number of benzene rings is 1. The summed E-state index contributed by atoms with van der Waals surface area (Å²) in [5, 5.41) is 10.2. The van der Waals surface area contributed by atoms with Gasteiger partial charge in [0.15, 0.2) is 0 Å². The smallest absolute Gasteiger partial charge is 0.311 e. The zero-order valence-electron chi connectivity index (χ0n) is 35.7. The number of aliphatic hydroxyl groups is 1. The Morgan fingerprint density at radius 1 is 0.907 bits per heavy atom. The van der Waals surface area contributed by atoms with Crippen molar-refractivity contribution in [2.24, 2.45) is 17.8 Å². The fourth-order valence-electron chi connectivity index (χ4n) is 8.53. The SMILES string of the molecule is [CH2-]P(=O)(CCC1C[C@@H](O)CN1C(=O)CCCCCCC(=O)Oc1c(C)c(C)c2c(c1C)CC[C@@](C)(CCC[C@H](C)CCC[C@H](C)CCCC(C)C)O2)OC. The number of esters is 1. The van der Waals surface area contributed by atoms with Gasteiger partial charge in [0, 0.05) is 38.1 Å². The Bertz CT molecular complexity index is 1390. The minimum atomic E-state index is -2.91. The standard InChI is InChI=1S/C45H77NO7P/c1-32(2)18-15-19-33(3)20-16-21-34(4)22-17-27-45(8)28-25-40-37(7)43(35(5)36(6)44(40)53-45)52-42(49)24-14-12-11-13-23-41(48)46-31-39(47)30-38(46)26-29-54(10,50)51-9/h32-34,38-39,47H,10-31H2,1-9H3/q-1/t33-,34-,38?,39-,45-,54?/m1/s1. The van der Waals surface area contributed by atoms with Crippen LogP contribution in [0.25, 0.3) is 0 Å². The number of aliphatic hydroxyl groups excluding tert-OH is 1. The van der Waals surface area contributed by atoms with Gasteiger partial charge >= 0.3 is 5.97 Å². The van der Waals surface area contributed by atoms with E-state index in [2.05, 4.69) is 55.1 Å². The summed E-state index contributed by atoms with van der Waals surface area (Å²) < 4.78 is 30.0. The van der Waals surface area contributed by atoms with Gasteiger partial charge in [0.2, 0.25) is 5.91 Å². The molecule has 0 bridgehead atoms. The van der Waals surface area contributed by atoms with E-state index in [9.17, 15) is 19.3 Å². The topological polar surface area (TPSA) is 102 Å². The first kappa shape index (κ1) is 46.5. The Morgan fingerprint density at radius 3 is 2.15 bits per heavy atom. The van der Waals surface area contributed by atoms with E-state index in [0.29, 0.717) is 44.4 Å². The lowest BCUT2D eigenvalue weighted by atomic mass is 9.83. The molecule has 1 aromatic carbocycles. The van der Waals surface area contributed by atoms with Gasteiger partial charge in [0.1, 0.15) is 17.1 Å². The van der Waals surface area contributed by atoms with Crippen LogP contribution >= 0.6 is 7.37 Å². The molecule has 1 fully saturated rings. The minimum absolute atomic E-state index is 0.0125. The van der Waals surface area contributed by atoms with Crippen molar-refractivity contribution in [1.82, 2.24) is 4.90 Å². The average Bonchev–Trinajstić information content (AvgIpc) is 3.49. The zero-order chi connectivity index (χ0) is 40.1. The Hall–Kier alpha value is -1.89. The molecule has 310 valence electrons. The van der Waals surface area contributed by atoms with Crippen molar-refractivity contribution >= 4 is 19.2 Å². The number of nitrogens with zero attached hydrogens (tertiary/aromatic N) is 1. The second-order valence-corrected chi connectivity index (χ2v) is 20.4. The average molecular weight is 775 g/mol. The van der Waals surface area contributed by atoms with Crippen LogP contribution in [0.2, 0.25) is 0 Å². The molecule has 1 saturated heterocycles. The number of fused-ring (bicyclic) bond motifs is 1. The highest BCUT2D eigenvalue weighted by Gasteiger charge is 2.36. The van der Waals surface area contributed by atoms with Gasteiger partial charge in [-0.15, -0.1) is 0 Å². The molecule has 2 aliphatic heterocycles. The number of likely N-dealkylation sites (tertiary alicyclic amines) is 1. The summed E-state index contributed by atoms with van der Waals surface area (Å²) >= 11 is 0. The molecule has 0 aliphatic carbocycles. The molecule has 1 amide bonds. The van der Waals surface area contributed by atoms with Crippen LogP contribution in [0.4, 0.5) is 0 Å². The summed E-state index contributed by atoms with van der Waals surface area (Å²) in [5.74, 6) is 3.86. The van der Waals surface area contributed by atoms with Crippen molar-refractivity contribution in [1.29, 1.82) is 0 Å². The molecule has 9 heteroatoms. The highest BCUT2D eigenvalue weighted by Crippen LogP contribution is 2.46. The van der Waals surface area contributed by atoms with Crippen molar-refractivity contribution in [3.63, 3.8) is 0 Å². The molecule has 1 aromatic rings. The number of carbonyl (C=O) groups excluding carboxylic acids is 2. The summed E-state index contributed by atoms with van der Waals surface area (Å²) in [6.45, 7) is 21.9. The van der Waals surface area contributed by atoms with Crippen LogP contribution in [0.5, 0.6) is 11.5 Å². The maximum atomic E-state index is 13.0. The third-order valence-electron chi connectivity index (χ3n) is 12.4. The second-order valence-electron chi connectivity index (χ2n) is 17.9. The molecule has 2 aliphatic rings. The van der Waals surface area contributed by atoms with Crippen molar-refractivity contribution in [3.8, 4) is 11.5 Å². The van der Waals surface area contributed by atoms with Gasteiger partial charge in [0.25, 0.3) is 0 Å². The Kier molecular flexibility index (Phi) is 19.1. The predicted octanol–water partition coefficient (Wildman–Crippen LogP) is 11.4. The van der Waals surface area contributed by atoms with Crippen molar-refractivity contribution in [3.05, 3.63) is 28.9 Å². The second kappa shape index (κ2) is 22.2. The summed E-state index contributed by atoms with van der Waals surface area (Å²) in [6, 6.07) is -0.139. The Balaban J connectivity index is 1.39. The van der Waals surface area contributed by atoms with Gasteiger partial charge in [-0.2, -0.15) is 0 Å². The first-order chi connectivity index (χ1) is 25.4. The molecule has 0 radical (unpaired) electrons. The molecular formula is C45H77NO7P-. The predicted molar refractivity (Wildman–Crippen MR) is 222 cm³/mol. The highest BCUT2D eigenvalue weighted by molar-refractivity contribution is 7.60. The van der Waals surface area contributed by atoms with E-state index in [0.717, 1.165) is 78.7 Å². The van der Waals surface area contributed by atoms with Crippen molar-refractivity contribution < 1.29 is 33.3 Å². The molecule has 8 nitrogen and oxygen atoms in total. The fraction of sp³-hybridized carbons (Fsp3) is 0.800. The molecule has 0 spiro atoms. The maximum absolute atomic E-state index is 13.0. The summed E-state index contributed by atoms with van der Waals surface area (Å²) in [7, 11) is -1.52. The quantitative estimate of drug-likeness (QED) is 0.0367. The number of rotatable bonds is 24. The lowest BCUT2D eigenvalue weighted by molar-refractivity contribution is -0.135. The number of β-amino-alcohol motifs (C(OH)–C–C–N with tert-alkyl or cyclic N) is 1.